The van der Waals surface area contributed by atoms with Crippen molar-refractivity contribution in [3.63, 3.8) is 0 Å². The smallest absolute Gasteiger partial charge is 0.256 e. The zero-order valence-corrected chi connectivity index (χ0v) is 15.1. The first-order valence-electron chi connectivity index (χ1n) is 9.27. The van der Waals surface area contributed by atoms with Crippen LogP contribution in [0.25, 0.3) is 0 Å². The van der Waals surface area contributed by atoms with Crippen molar-refractivity contribution in [1.29, 1.82) is 0 Å². The fourth-order valence-corrected chi connectivity index (χ4v) is 3.95. The third-order valence-corrected chi connectivity index (χ3v) is 5.39. The highest BCUT2D eigenvalue weighted by Crippen LogP contribution is 2.30. The maximum absolute atomic E-state index is 12.9. The van der Waals surface area contributed by atoms with E-state index >= 15 is 0 Å². The van der Waals surface area contributed by atoms with Crippen LogP contribution in [0.2, 0.25) is 0 Å². The summed E-state index contributed by atoms with van der Waals surface area (Å²) in [5.74, 6) is 2.52. The van der Waals surface area contributed by atoms with Gasteiger partial charge in [0.2, 0.25) is 0 Å². The van der Waals surface area contributed by atoms with Crippen LogP contribution in [-0.4, -0.2) is 52.3 Å². The molecule has 2 aliphatic heterocycles. The molecule has 3 heterocycles. The topological polar surface area (TPSA) is 72.3 Å². The maximum Gasteiger partial charge on any atom is 0.256 e. The standard InChI is InChI=1S/C19H25N5O2/c1-26-17(14-5-3-2-4-6-14)19(25)23-10-7-15(8-11-23)18-22-21-16-13-20-9-12-24(16)18/h2-6,15,17,20H,7-13H2,1H3. The number of nitrogens with one attached hydrogen (secondary N) is 1. The quantitative estimate of drug-likeness (QED) is 0.899. The van der Waals surface area contributed by atoms with Gasteiger partial charge in [-0.1, -0.05) is 30.3 Å². The van der Waals surface area contributed by atoms with Crippen molar-refractivity contribution in [3.05, 3.63) is 47.5 Å². The normalized spacial score (nSPS) is 19.2. The molecular weight excluding hydrogens is 330 g/mol. The first kappa shape index (κ1) is 17.2. The molecule has 138 valence electrons. The van der Waals surface area contributed by atoms with E-state index in [9.17, 15) is 4.79 Å². The number of carbonyl (C=O) groups excluding carboxylic acids is 1. The lowest BCUT2D eigenvalue weighted by Crippen LogP contribution is -2.41. The number of benzene rings is 1. The number of likely N-dealkylation sites (tertiary alicyclic amines) is 1. The molecule has 1 N–H and O–H groups in total. The minimum absolute atomic E-state index is 0.0459. The van der Waals surface area contributed by atoms with E-state index in [1.165, 1.54) is 0 Å². The molecule has 26 heavy (non-hydrogen) atoms. The molecular formula is C19H25N5O2. The molecule has 1 fully saturated rings. The highest BCUT2D eigenvalue weighted by atomic mass is 16.5. The molecule has 0 radical (unpaired) electrons. The Morgan fingerprint density at radius 2 is 1.96 bits per heavy atom. The minimum atomic E-state index is -0.528. The van der Waals surface area contributed by atoms with Crippen LogP contribution in [0.3, 0.4) is 0 Å². The second kappa shape index (κ2) is 7.55. The van der Waals surface area contributed by atoms with Crippen molar-refractivity contribution >= 4 is 5.91 Å². The van der Waals surface area contributed by atoms with E-state index in [0.29, 0.717) is 5.92 Å². The minimum Gasteiger partial charge on any atom is -0.367 e. The monoisotopic (exact) mass is 355 g/mol. The van der Waals surface area contributed by atoms with Crippen LogP contribution >= 0.6 is 0 Å². The van der Waals surface area contributed by atoms with Gasteiger partial charge in [-0.25, -0.2) is 0 Å². The maximum atomic E-state index is 12.9. The van der Waals surface area contributed by atoms with E-state index in [2.05, 4.69) is 20.1 Å². The van der Waals surface area contributed by atoms with Gasteiger partial charge in [-0.3, -0.25) is 4.79 Å². The molecule has 1 aromatic carbocycles. The van der Waals surface area contributed by atoms with Crippen molar-refractivity contribution in [2.24, 2.45) is 0 Å². The first-order valence-corrected chi connectivity index (χ1v) is 9.27. The largest absolute Gasteiger partial charge is 0.367 e. The highest BCUT2D eigenvalue weighted by molar-refractivity contribution is 5.82. The van der Waals surface area contributed by atoms with Gasteiger partial charge in [0.1, 0.15) is 11.6 Å². The molecule has 0 spiro atoms. The molecule has 0 saturated carbocycles. The number of hydrogen-bond acceptors (Lipinski definition) is 5. The Morgan fingerprint density at radius 3 is 2.69 bits per heavy atom. The number of hydrogen-bond donors (Lipinski definition) is 1. The van der Waals surface area contributed by atoms with Gasteiger partial charge in [0.05, 0.1) is 6.54 Å². The fourth-order valence-electron chi connectivity index (χ4n) is 3.95. The van der Waals surface area contributed by atoms with Crippen LogP contribution in [0.1, 0.15) is 42.1 Å². The predicted octanol–water partition coefficient (Wildman–Crippen LogP) is 1.47. The number of carbonyl (C=O) groups is 1. The molecule has 7 heteroatoms. The summed E-state index contributed by atoms with van der Waals surface area (Å²) in [4.78, 5) is 14.8. The Labute approximate surface area is 153 Å². The molecule has 1 saturated heterocycles. The highest BCUT2D eigenvalue weighted by Gasteiger charge is 2.32. The van der Waals surface area contributed by atoms with Gasteiger partial charge in [0.15, 0.2) is 6.10 Å². The average molecular weight is 355 g/mol. The van der Waals surface area contributed by atoms with Crippen molar-refractivity contribution < 1.29 is 9.53 Å². The van der Waals surface area contributed by atoms with Crippen molar-refractivity contribution in [1.82, 2.24) is 25.0 Å². The van der Waals surface area contributed by atoms with Gasteiger partial charge in [-0.05, 0) is 18.4 Å². The SMILES string of the molecule is COC(C(=O)N1CCC(c2nnc3n2CCNC3)CC1)c1ccccc1. The molecule has 1 aromatic heterocycles. The Balaban J connectivity index is 1.42. The van der Waals surface area contributed by atoms with Gasteiger partial charge in [-0.15, -0.1) is 10.2 Å². The van der Waals surface area contributed by atoms with E-state index < -0.39 is 6.10 Å². The van der Waals surface area contributed by atoms with Crippen molar-refractivity contribution in [3.8, 4) is 0 Å². The molecule has 1 unspecified atom stereocenters. The number of nitrogens with zero attached hydrogens (tertiary/aromatic N) is 4. The number of methoxy groups -OCH3 is 1. The number of fused-ring (bicyclic) bond motifs is 1. The van der Waals surface area contributed by atoms with Crippen LogP contribution in [-0.2, 0) is 22.6 Å². The lowest BCUT2D eigenvalue weighted by Gasteiger charge is -2.34. The van der Waals surface area contributed by atoms with Gasteiger partial charge in [0.25, 0.3) is 5.91 Å². The Kier molecular flexibility index (Phi) is 4.99. The average Bonchev–Trinajstić information content (AvgIpc) is 3.13. The summed E-state index contributed by atoms with van der Waals surface area (Å²) in [6.45, 7) is 4.14. The Hall–Kier alpha value is -2.25. The summed E-state index contributed by atoms with van der Waals surface area (Å²) in [5, 5.41) is 12.1. The van der Waals surface area contributed by atoms with Crippen molar-refractivity contribution in [2.45, 2.75) is 38.0 Å². The fraction of sp³-hybridized carbons (Fsp3) is 0.526. The number of piperidine rings is 1. The van der Waals surface area contributed by atoms with Crippen LogP contribution in [0.4, 0.5) is 0 Å². The first-order chi connectivity index (χ1) is 12.8. The molecule has 2 aliphatic rings. The summed E-state index contributed by atoms with van der Waals surface area (Å²) in [6, 6.07) is 9.69. The van der Waals surface area contributed by atoms with E-state index in [1.54, 1.807) is 7.11 Å². The molecule has 7 nitrogen and oxygen atoms in total. The van der Waals surface area contributed by atoms with Crippen LogP contribution in [0.5, 0.6) is 0 Å². The predicted molar refractivity (Wildman–Crippen MR) is 96.5 cm³/mol. The third kappa shape index (κ3) is 3.24. The summed E-state index contributed by atoms with van der Waals surface area (Å²) in [7, 11) is 1.60. The number of rotatable bonds is 4. The molecule has 0 bridgehead atoms. The van der Waals surface area contributed by atoms with Crippen molar-refractivity contribution in [2.75, 3.05) is 26.7 Å². The zero-order chi connectivity index (χ0) is 17.9. The van der Waals surface area contributed by atoms with Gasteiger partial charge in [0, 0.05) is 39.2 Å². The molecule has 2 aromatic rings. The summed E-state index contributed by atoms with van der Waals surface area (Å²) < 4.78 is 7.75. The Bertz CT molecular complexity index is 753. The lowest BCUT2D eigenvalue weighted by atomic mass is 9.95. The van der Waals surface area contributed by atoms with Gasteiger partial charge >= 0.3 is 0 Å². The van der Waals surface area contributed by atoms with Crippen LogP contribution in [0.15, 0.2) is 30.3 Å². The molecule has 4 rings (SSSR count). The second-order valence-corrected chi connectivity index (χ2v) is 6.93. The summed E-state index contributed by atoms with van der Waals surface area (Å²) in [5.41, 5.74) is 0.904. The zero-order valence-electron chi connectivity index (χ0n) is 15.1. The number of ether oxygens (including phenoxy) is 1. The lowest BCUT2D eigenvalue weighted by molar-refractivity contribution is -0.143. The second-order valence-electron chi connectivity index (χ2n) is 6.93. The Morgan fingerprint density at radius 1 is 1.19 bits per heavy atom. The van der Waals surface area contributed by atoms with E-state index in [-0.39, 0.29) is 5.91 Å². The van der Waals surface area contributed by atoms with Gasteiger partial charge < -0.3 is 19.5 Å². The van der Waals surface area contributed by atoms with Gasteiger partial charge in [-0.2, -0.15) is 0 Å². The molecule has 0 aliphatic carbocycles. The van der Waals surface area contributed by atoms with Crippen LogP contribution < -0.4 is 5.32 Å². The van der Waals surface area contributed by atoms with Crippen LogP contribution in [0, 0.1) is 0 Å². The van der Waals surface area contributed by atoms with E-state index in [0.717, 1.165) is 62.8 Å². The van der Waals surface area contributed by atoms with E-state index in [1.807, 2.05) is 35.2 Å². The van der Waals surface area contributed by atoms with E-state index in [4.69, 9.17) is 4.74 Å². The number of amides is 1. The molecule has 1 amide bonds. The summed E-state index contributed by atoms with van der Waals surface area (Å²) in [6.07, 6.45) is 1.31. The summed E-state index contributed by atoms with van der Waals surface area (Å²) >= 11 is 0. The molecule has 1 atom stereocenters. The third-order valence-electron chi connectivity index (χ3n) is 5.39. The number of aromatic nitrogens is 3.